The van der Waals surface area contributed by atoms with Crippen molar-refractivity contribution in [2.24, 2.45) is 0 Å². The van der Waals surface area contributed by atoms with Crippen LogP contribution in [0.2, 0.25) is 0 Å². The maximum atomic E-state index is 3.54. The van der Waals surface area contributed by atoms with E-state index in [1.54, 1.807) is 0 Å². The molecule has 17 heavy (non-hydrogen) atoms. The number of nitrogens with one attached hydrogen (secondary N) is 1. The van der Waals surface area contributed by atoms with Crippen molar-refractivity contribution in [3.8, 4) is 0 Å². The Bertz CT molecular complexity index is 356. The SMILES string of the molecule is CC(C)(C)NCCCCc1ccc(Br)c(Br)c1. The van der Waals surface area contributed by atoms with Crippen molar-refractivity contribution in [3.05, 3.63) is 32.7 Å². The van der Waals surface area contributed by atoms with Gasteiger partial charge in [-0.25, -0.2) is 0 Å². The van der Waals surface area contributed by atoms with Gasteiger partial charge in [0.15, 0.2) is 0 Å². The van der Waals surface area contributed by atoms with Gasteiger partial charge < -0.3 is 5.32 Å². The highest BCUT2D eigenvalue weighted by Crippen LogP contribution is 2.24. The van der Waals surface area contributed by atoms with E-state index in [0.29, 0.717) is 0 Å². The maximum Gasteiger partial charge on any atom is 0.0320 e. The summed E-state index contributed by atoms with van der Waals surface area (Å²) in [5, 5.41) is 3.51. The van der Waals surface area contributed by atoms with E-state index >= 15 is 0 Å². The molecule has 0 saturated heterocycles. The zero-order valence-electron chi connectivity index (χ0n) is 10.8. The number of hydrogen-bond donors (Lipinski definition) is 1. The first-order valence-electron chi connectivity index (χ1n) is 6.07. The number of halogens is 2. The fourth-order valence-corrected chi connectivity index (χ4v) is 2.29. The lowest BCUT2D eigenvalue weighted by Gasteiger charge is -2.20. The zero-order valence-corrected chi connectivity index (χ0v) is 14.0. The summed E-state index contributed by atoms with van der Waals surface area (Å²) in [6.45, 7) is 7.72. The van der Waals surface area contributed by atoms with Gasteiger partial charge >= 0.3 is 0 Å². The second-order valence-electron chi connectivity index (χ2n) is 5.38. The summed E-state index contributed by atoms with van der Waals surface area (Å²) in [5.41, 5.74) is 1.64. The second kappa shape index (κ2) is 6.91. The molecule has 1 aromatic carbocycles. The second-order valence-corrected chi connectivity index (χ2v) is 7.09. The van der Waals surface area contributed by atoms with Gasteiger partial charge in [-0.3, -0.25) is 0 Å². The van der Waals surface area contributed by atoms with Gasteiger partial charge in [-0.1, -0.05) is 6.07 Å². The predicted molar refractivity (Wildman–Crippen MR) is 82.5 cm³/mol. The van der Waals surface area contributed by atoms with Crippen LogP contribution >= 0.6 is 31.9 Å². The fourth-order valence-electron chi connectivity index (χ4n) is 1.61. The Hall–Kier alpha value is 0.140. The van der Waals surface area contributed by atoms with Crippen LogP contribution in [0.25, 0.3) is 0 Å². The number of rotatable bonds is 5. The minimum Gasteiger partial charge on any atom is -0.312 e. The molecular weight excluding hydrogens is 342 g/mol. The van der Waals surface area contributed by atoms with E-state index in [2.05, 4.69) is 76.1 Å². The number of hydrogen-bond acceptors (Lipinski definition) is 1. The van der Waals surface area contributed by atoms with Crippen LogP contribution in [0.3, 0.4) is 0 Å². The molecule has 3 heteroatoms. The average molecular weight is 363 g/mol. The Labute approximate surface area is 122 Å². The Morgan fingerprint density at radius 1 is 1.06 bits per heavy atom. The third kappa shape index (κ3) is 6.58. The molecule has 0 radical (unpaired) electrons. The lowest BCUT2D eigenvalue weighted by molar-refractivity contribution is 0.419. The molecule has 0 bridgehead atoms. The van der Waals surface area contributed by atoms with Crippen LogP contribution in [0.4, 0.5) is 0 Å². The molecule has 0 heterocycles. The number of unbranched alkanes of at least 4 members (excludes halogenated alkanes) is 1. The predicted octanol–water partition coefficient (Wildman–Crippen LogP) is 4.92. The zero-order chi connectivity index (χ0) is 12.9. The van der Waals surface area contributed by atoms with Crippen LogP contribution in [-0.2, 0) is 6.42 Å². The summed E-state index contributed by atoms with van der Waals surface area (Å²) in [6, 6.07) is 6.49. The van der Waals surface area contributed by atoms with Crippen molar-refractivity contribution < 1.29 is 0 Å². The van der Waals surface area contributed by atoms with Crippen molar-refractivity contribution in [2.75, 3.05) is 6.54 Å². The minimum absolute atomic E-state index is 0.237. The molecule has 0 amide bonds. The molecule has 0 spiro atoms. The molecule has 0 aliphatic carbocycles. The Balaban J connectivity index is 2.25. The molecule has 1 nitrogen and oxygen atoms in total. The monoisotopic (exact) mass is 361 g/mol. The molecular formula is C14H21Br2N. The smallest absolute Gasteiger partial charge is 0.0320 e. The van der Waals surface area contributed by atoms with Gasteiger partial charge in [0.1, 0.15) is 0 Å². The molecule has 1 aromatic rings. The molecule has 0 atom stereocenters. The van der Waals surface area contributed by atoms with E-state index < -0.39 is 0 Å². The molecule has 0 aliphatic rings. The Morgan fingerprint density at radius 2 is 1.76 bits per heavy atom. The normalized spacial score (nSPS) is 11.8. The molecule has 0 saturated carbocycles. The summed E-state index contributed by atoms with van der Waals surface area (Å²) in [6.07, 6.45) is 3.61. The van der Waals surface area contributed by atoms with E-state index in [0.717, 1.165) is 21.9 Å². The van der Waals surface area contributed by atoms with Gasteiger partial charge in [0.2, 0.25) is 0 Å². The third-order valence-corrected chi connectivity index (χ3v) is 4.41. The van der Waals surface area contributed by atoms with Crippen molar-refractivity contribution in [1.82, 2.24) is 5.32 Å². The van der Waals surface area contributed by atoms with Crippen LogP contribution < -0.4 is 5.32 Å². The highest BCUT2D eigenvalue weighted by molar-refractivity contribution is 9.13. The first-order valence-corrected chi connectivity index (χ1v) is 7.66. The van der Waals surface area contributed by atoms with Gasteiger partial charge in [0, 0.05) is 14.5 Å². The molecule has 1 N–H and O–H groups in total. The molecule has 0 unspecified atom stereocenters. The van der Waals surface area contributed by atoms with Crippen LogP contribution in [0.1, 0.15) is 39.2 Å². The van der Waals surface area contributed by atoms with E-state index in [1.165, 1.54) is 18.4 Å². The van der Waals surface area contributed by atoms with Crippen molar-refractivity contribution in [3.63, 3.8) is 0 Å². The lowest BCUT2D eigenvalue weighted by Crippen LogP contribution is -2.36. The Kier molecular flexibility index (Phi) is 6.18. The fraction of sp³-hybridized carbons (Fsp3) is 0.571. The standard InChI is InChI=1S/C14H21Br2N/c1-14(2,3)17-9-5-4-6-11-7-8-12(15)13(16)10-11/h7-8,10,17H,4-6,9H2,1-3H3. The summed E-state index contributed by atoms with van der Waals surface area (Å²) in [7, 11) is 0. The molecule has 1 rings (SSSR count). The highest BCUT2D eigenvalue weighted by atomic mass is 79.9. The topological polar surface area (TPSA) is 12.0 Å². The van der Waals surface area contributed by atoms with Crippen LogP contribution in [0, 0.1) is 0 Å². The van der Waals surface area contributed by atoms with Crippen molar-refractivity contribution in [2.45, 2.75) is 45.6 Å². The summed E-state index contributed by atoms with van der Waals surface area (Å²) >= 11 is 7.02. The van der Waals surface area contributed by atoms with E-state index in [1.807, 2.05) is 0 Å². The van der Waals surface area contributed by atoms with E-state index in [4.69, 9.17) is 0 Å². The van der Waals surface area contributed by atoms with Gasteiger partial charge in [0.05, 0.1) is 0 Å². The largest absolute Gasteiger partial charge is 0.312 e. The molecule has 0 aromatic heterocycles. The molecule has 0 fully saturated rings. The molecule has 0 aliphatic heterocycles. The van der Waals surface area contributed by atoms with Crippen molar-refractivity contribution in [1.29, 1.82) is 0 Å². The lowest BCUT2D eigenvalue weighted by atomic mass is 10.1. The Morgan fingerprint density at radius 3 is 2.35 bits per heavy atom. The quantitative estimate of drug-likeness (QED) is 0.733. The third-order valence-electron chi connectivity index (χ3n) is 2.53. The summed E-state index contributed by atoms with van der Waals surface area (Å²) in [4.78, 5) is 0. The summed E-state index contributed by atoms with van der Waals surface area (Å²) < 4.78 is 2.26. The minimum atomic E-state index is 0.237. The van der Waals surface area contributed by atoms with Crippen molar-refractivity contribution >= 4 is 31.9 Å². The van der Waals surface area contributed by atoms with Crippen LogP contribution in [0.5, 0.6) is 0 Å². The number of aryl methyl sites for hydroxylation is 1. The van der Waals surface area contributed by atoms with Gasteiger partial charge in [-0.2, -0.15) is 0 Å². The highest BCUT2D eigenvalue weighted by Gasteiger charge is 2.07. The van der Waals surface area contributed by atoms with Gasteiger partial charge in [-0.15, -0.1) is 0 Å². The molecule has 96 valence electrons. The number of benzene rings is 1. The maximum absolute atomic E-state index is 3.54. The van der Waals surface area contributed by atoms with Crippen LogP contribution in [-0.4, -0.2) is 12.1 Å². The van der Waals surface area contributed by atoms with Gasteiger partial charge in [-0.05, 0) is 96.1 Å². The van der Waals surface area contributed by atoms with Crippen LogP contribution in [0.15, 0.2) is 27.1 Å². The van der Waals surface area contributed by atoms with E-state index in [9.17, 15) is 0 Å². The first-order chi connectivity index (χ1) is 7.88. The van der Waals surface area contributed by atoms with E-state index in [-0.39, 0.29) is 5.54 Å². The average Bonchev–Trinajstić information content (AvgIpc) is 2.21. The van der Waals surface area contributed by atoms with Gasteiger partial charge in [0.25, 0.3) is 0 Å². The summed E-state index contributed by atoms with van der Waals surface area (Å²) in [5.74, 6) is 0. The first kappa shape index (κ1) is 15.2.